The zero-order valence-corrected chi connectivity index (χ0v) is 7.41. The van der Waals surface area contributed by atoms with Gasteiger partial charge in [0, 0.05) is 7.05 Å². The quantitative estimate of drug-likeness (QED) is 0.678. The highest BCUT2D eigenvalue weighted by Crippen LogP contribution is 2.35. The summed E-state index contributed by atoms with van der Waals surface area (Å²) >= 11 is 0. The first-order valence-corrected chi connectivity index (χ1v) is 3.56. The maximum atomic E-state index is 12.2. The fourth-order valence-electron chi connectivity index (χ4n) is 0.489. The van der Waals surface area contributed by atoms with Gasteiger partial charge in [-0.05, 0) is 0 Å². The molecule has 0 heterocycles. The second-order valence-corrected chi connectivity index (χ2v) is 2.43. The van der Waals surface area contributed by atoms with Crippen LogP contribution >= 0.6 is 0 Å². The highest BCUT2D eigenvalue weighted by molar-refractivity contribution is 5.88. The number of carbonyl (C=O) groups excluding carboxylic acids is 2. The monoisotopic (exact) mass is 234 g/mol. The third-order valence-corrected chi connectivity index (χ3v) is 1.33. The van der Waals surface area contributed by atoms with E-state index < -0.39 is 30.5 Å². The largest absolute Gasteiger partial charge is 0.463 e. The summed E-state index contributed by atoms with van der Waals surface area (Å²) in [4.78, 5) is 20.8. The van der Waals surface area contributed by atoms with Gasteiger partial charge in [0.2, 0.25) is 5.91 Å². The minimum atomic E-state index is -5.97. The van der Waals surface area contributed by atoms with Crippen LogP contribution in [0, 0.1) is 0 Å². The van der Waals surface area contributed by atoms with E-state index in [1.807, 2.05) is 5.32 Å². The van der Waals surface area contributed by atoms with Crippen molar-refractivity contribution in [3.63, 3.8) is 0 Å². The molecule has 0 aromatic carbocycles. The van der Waals surface area contributed by atoms with Gasteiger partial charge in [-0.25, -0.2) is 0 Å². The fourth-order valence-corrected chi connectivity index (χ4v) is 0.489. The van der Waals surface area contributed by atoms with E-state index in [1.165, 1.54) is 0 Å². The maximum absolute atomic E-state index is 12.2. The normalized spacial score (nSPS) is 12.1. The van der Waals surface area contributed by atoms with Crippen molar-refractivity contribution >= 4 is 11.8 Å². The zero-order valence-electron chi connectivity index (χ0n) is 7.41. The van der Waals surface area contributed by atoms with Gasteiger partial charge in [0.1, 0.15) is 0 Å². The summed E-state index contributed by atoms with van der Waals surface area (Å²) in [5.74, 6) is -8.94. The van der Waals surface area contributed by atoms with Crippen LogP contribution in [0.4, 0.5) is 22.0 Å². The van der Waals surface area contributed by atoms with Gasteiger partial charge in [0.15, 0.2) is 0 Å². The van der Waals surface area contributed by atoms with Crippen molar-refractivity contribution in [1.82, 2.24) is 10.6 Å². The Labute approximate surface area is 80.8 Å². The molecule has 0 aliphatic heterocycles. The molecule has 0 atom stereocenters. The first-order chi connectivity index (χ1) is 6.63. The van der Waals surface area contributed by atoms with E-state index in [9.17, 15) is 31.5 Å². The van der Waals surface area contributed by atoms with E-state index in [0.29, 0.717) is 0 Å². The molecule has 0 aromatic rings. The van der Waals surface area contributed by atoms with Crippen LogP contribution in [0.3, 0.4) is 0 Å². The Hall–Kier alpha value is -1.41. The van der Waals surface area contributed by atoms with Crippen molar-refractivity contribution in [2.45, 2.75) is 12.1 Å². The SMILES string of the molecule is CNC(=O)CNC(=O)C(F)(F)C(F)(F)F. The maximum Gasteiger partial charge on any atom is 0.463 e. The Morgan fingerprint density at radius 3 is 1.93 bits per heavy atom. The summed E-state index contributed by atoms with van der Waals surface area (Å²) in [7, 11) is 1.14. The number of amides is 2. The molecular weight excluding hydrogens is 227 g/mol. The van der Waals surface area contributed by atoms with Gasteiger partial charge in [-0.1, -0.05) is 0 Å². The molecule has 0 aromatic heterocycles. The van der Waals surface area contributed by atoms with Gasteiger partial charge >= 0.3 is 18.0 Å². The molecule has 4 nitrogen and oxygen atoms in total. The van der Waals surface area contributed by atoms with E-state index >= 15 is 0 Å². The summed E-state index contributed by atoms with van der Waals surface area (Å²) in [6, 6.07) is 0. The Balaban J connectivity index is 4.40. The standard InChI is InChI=1S/C6H7F5N2O2/c1-12-3(14)2-13-4(15)5(7,8)6(9,10)11/h2H2,1H3,(H,12,14)(H,13,15). The van der Waals surface area contributed by atoms with Crippen LogP contribution < -0.4 is 10.6 Å². The minimum Gasteiger partial charge on any atom is -0.358 e. The molecule has 0 rings (SSSR count). The second kappa shape index (κ2) is 4.41. The summed E-state index contributed by atoms with van der Waals surface area (Å²) in [5, 5.41) is 3.09. The van der Waals surface area contributed by atoms with Gasteiger partial charge in [-0.15, -0.1) is 0 Å². The predicted octanol–water partition coefficient (Wildman–Crippen LogP) is 0.0462. The molecule has 9 heteroatoms. The average molecular weight is 234 g/mol. The molecule has 15 heavy (non-hydrogen) atoms. The topological polar surface area (TPSA) is 58.2 Å². The number of rotatable bonds is 3. The molecule has 0 saturated carbocycles. The van der Waals surface area contributed by atoms with Crippen LogP contribution in [0.5, 0.6) is 0 Å². The molecule has 0 aliphatic carbocycles. The number of halogens is 5. The van der Waals surface area contributed by atoms with Gasteiger partial charge < -0.3 is 10.6 Å². The highest BCUT2D eigenvalue weighted by Gasteiger charge is 2.63. The number of nitrogens with one attached hydrogen (secondary N) is 2. The van der Waals surface area contributed by atoms with Crippen molar-refractivity contribution in [2.75, 3.05) is 13.6 Å². The minimum absolute atomic E-state index is 0.888. The summed E-state index contributed by atoms with van der Waals surface area (Å²) in [6.45, 7) is -0.943. The number of hydrogen-bond donors (Lipinski definition) is 2. The summed E-state index contributed by atoms with van der Waals surface area (Å²) in [6.07, 6.45) is -5.97. The Kier molecular flexibility index (Phi) is 3.99. The lowest BCUT2D eigenvalue weighted by molar-refractivity contribution is -0.269. The van der Waals surface area contributed by atoms with Crippen LogP contribution in [-0.2, 0) is 9.59 Å². The Bertz CT molecular complexity index is 263. The lowest BCUT2D eigenvalue weighted by Gasteiger charge is -2.18. The molecule has 0 spiro atoms. The first kappa shape index (κ1) is 13.6. The molecule has 2 N–H and O–H groups in total. The van der Waals surface area contributed by atoms with Crippen molar-refractivity contribution in [1.29, 1.82) is 0 Å². The number of hydrogen-bond acceptors (Lipinski definition) is 2. The summed E-state index contributed by atoms with van der Waals surface area (Å²) in [5.41, 5.74) is 0. The molecule has 0 saturated heterocycles. The first-order valence-electron chi connectivity index (χ1n) is 3.56. The molecular formula is C6H7F5N2O2. The lowest BCUT2D eigenvalue weighted by atomic mass is 10.3. The van der Waals surface area contributed by atoms with E-state index in [2.05, 4.69) is 0 Å². The van der Waals surface area contributed by atoms with Crippen molar-refractivity contribution in [3.05, 3.63) is 0 Å². The van der Waals surface area contributed by atoms with Crippen LogP contribution in [0.15, 0.2) is 0 Å². The number of likely N-dealkylation sites (N-methyl/N-ethyl adjacent to an activating group) is 1. The van der Waals surface area contributed by atoms with Gasteiger partial charge in [-0.2, -0.15) is 22.0 Å². The van der Waals surface area contributed by atoms with Crippen LogP contribution in [-0.4, -0.2) is 37.5 Å². The van der Waals surface area contributed by atoms with Crippen molar-refractivity contribution < 1.29 is 31.5 Å². The van der Waals surface area contributed by atoms with Gasteiger partial charge in [0.05, 0.1) is 6.54 Å². The predicted molar refractivity (Wildman–Crippen MR) is 38.1 cm³/mol. The number of alkyl halides is 5. The molecule has 0 aliphatic rings. The van der Waals surface area contributed by atoms with E-state index in [-0.39, 0.29) is 0 Å². The van der Waals surface area contributed by atoms with Gasteiger partial charge in [0.25, 0.3) is 0 Å². The zero-order chi connectivity index (χ0) is 12.3. The van der Waals surface area contributed by atoms with E-state index in [0.717, 1.165) is 12.4 Å². The summed E-state index contributed by atoms with van der Waals surface area (Å²) < 4.78 is 59.2. The van der Waals surface area contributed by atoms with Crippen LogP contribution in [0.1, 0.15) is 0 Å². The van der Waals surface area contributed by atoms with Gasteiger partial charge in [-0.3, -0.25) is 9.59 Å². The van der Waals surface area contributed by atoms with Crippen molar-refractivity contribution in [2.24, 2.45) is 0 Å². The molecule has 2 amide bonds. The smallest absolute Gasteiger partial charge is 0.358 e. The lowest BCUT2D eigenvalue weighted by Crippen LogP contribution is -2.52. The fraction of sp³-hybridized carbons (Fsp3) is 0.667. The third kappa shape index (κ3) is 3.33. The molecule has 0 bridgehead atoms. The number of carbonyl (C=O) groups is 2. The van der Waals surface area contributed by atoms with E-state index in [4.69, 9.17) is 0 Å². The van der Waals surface area contributed by atoms with Crippen LogP contribution in [0.2, 0.25) is 0 Å². The Morgan fingerprint density at radius 1 is 1.13 bits per heavy atom. The second-order valence-electron chi connectivity index (χ2n) is 2.43. The molecule has 0 radical (unpaired) electrons. The Morgan fingerprint density at radius 2 is 1.60 bits per heavy atom. The van der Waals surface area contributed by atoms with E-state index in [1.54, 1.807) is 0 Å². The van der Waals surface area contributed by atoms with Crippen molar-refractivity contribution in [3.8, 4) is 0 Å². The van der Waals surface area contributed by atoms with Crippen LogP contribution in [0.25, 0.3) is 0 Å². The molecule has 0 fully saturated rings. The highest BCUT2D eigenvalue weighted by atomic mass is 19.4. The molecule has 0 unspecified atom stereocenters. The third-order valence-electron chi connectivity index (χ3n) is 1.33. The molecule has 88 valence electrons. The average Bonchev–Trinajstić information content (AvgIpc) is 2.11.